The monoisotopic (exact) mass is 630 g/mol. The number of hydrogen-bond donors (Lipinski definition) is 2. The lowest BCUT2D eigenvalue weighted by molar-refractivity contribution is -0.124. The van der Waals surface area contributed by atoms with Crippen molar-refractivity contribution in [1.29, 1.82) is 0 Å². The van der Waals surface area contributed by atoms with Gasteiger partial charge in [-0.3, -0.25) is 14.6 Å². The van der Waals surface area contributed by atoms with Gasteiger partial charge in [-0.15, -0.1) is 0 Å². The molecule has 1 unspecified atom stereocenters. The van der Waals surface area contributed by atoms with E-state index in [4.69, 9.17) is 27.9 Å². The van der Waals surface area contributed by atoms with E-state index in [0.29, 0.717) is 51.0 Å². The molecule has 1 fully saturated rings. The Morgan fingerprint density at radius 3 is 2.57 bits per heavy atom. The highest BCUT2D eigenvalue weighted by molar-refractivity contribution is 7.88. The number of fused-ring (bicyclic) bond motifs is 1. The number of amides is 2. The van der Waals surface area contributed by atoms with E-state index < -0.39 is 34.1 Å². The Morgan fingerprint density at radius 2 is 1.83 bits per heavy atom. The maximum absolute atomic E-state index is 14.3. The minimum absolute atomic E-state index is 0.0955. The molecule has 222 valence electrons. The number of nitrogens with one attached hydrogen (secondary N) is 2. The normalized spacial score (nSPS) is 22.4. The molecule has 1 aromatic heterocycles. The zero-order chi connectivity index (χ0) is 30.0. The molecule has 12 heteroatoms. The number of aromatic nitrogens is 1. The summed E-state index contributed by atoms with van der Waals surface area (Å²) < 4.78 is 32.9. The molecule has 2 heterocycles. The van der Waals surface area contributed by atoms with Gasteiger partial charge in [0.05, 0.1) is 31.9 Å². The lowest BCUT2D eigenvalue weighted by Gasteiger charge is -2.49. The first-order valence-electron chi connectivity index (χ1n) is 13.7. The van der Waals surface area contributed by atoms with Crippen LogP contribution in [-0.4, -0.2) is 55.6 Å². The number of benzene rings is 2. The van der Waals surface area contributed by atoms with Crippen molar-refractivity contribution in [1.82, 2.24) is 19.9 Å². The van der Waals surface area contributed by atoms with Gasteiger partial charge >= 0.3 is 0 Å². The third-order valence-corrected chi connectivity index (χ3v) is 9.18. The van der Waals surface area contributed by atoms with Crippen molar-refractivity contribution in [3.63, 3.8) is 0 Å². The summed E-state index contributed by atoms with van der Waals surface area (Å²) in [5, 5.41) is 3.72. The standard InChI is InChI=1S/C30H32Cl2N4O5S/c1-41-26-12-7-15-33-24(26)17-34-29(37)27-19-8-3-4-9-20(19)30(38)36(28(27)21-14-13-18(31)16-22(21)32)25-11-6-5-10-23(25)35-42(2,39)40/h3-4,7-9,12-16,23,25,27-28,35H,5-6,10-11,17H2,1-2H3,(H,34,37)/t23-,25?,27+,28-/m0/s1. The van der Waals surface area contributed by atoms with Gasteiger partial charge in [0.2, 0.25) is 15.9 Å². The molecule has 0 spiro atoms. The number of ether oxygens (including phenoxy) is 1. The lowest BCUT2D eigenvalue weighted by Crippen LogP contribution is -2.59. The first-order valence-corrected chi connectivity index (χ1v) is 16.3. The van der Waals surface area contributed by atoms with Crippen LogP contribution in [0.3, 0.4) is 0 Å². The number of nitrogens with zero attached hydrogens (tertiary/aromatic N) is 2. The van der Waals surface area contributed by atoms with Gasteiger partial charge in [0.15, 0.2) is 0 Å². The number of pyridine rings is 1. The fourth-order valence-electron chi connectivity index (χ4n) is 6.15. The fourth-order valence-corrected chi connectivity index (χ4v) is 7.50. The van der Waals surface area contributed by atoms with Crippen LogP contribution >= 0.6 is 23.2 Å². The lowest BCUT2D eigenvalue weighted by atomic mass is 9.76. The van der Waals surface area contributed by atoms with Crippen molar-refractivity contribution >= 4 is 45.0 Å². The van der Waals surface area contributed by atoms with Crippen LogP contribution in [0.25, 0.3) is 0 Å². The molecule has 0 saturated heterocycles. The number of carbonyl (C=O) groups is 2. The van der Waals surface area contributed by atoms with Crippen LogP contribution in [0.1, 0.15) is 64.8 Å². The number of carbonyl (C=O) groups excluding carboxylic acids is 2. The predicted molar refractivity (Wildman–Crippen MR) is 161 cm³/mol. The van der Waals surface area contributed by atoms with Gasteiger partial charge in [0.1, 0.15) is 11.4 Å². The summed E-state index contributed by atoms with van der Waals surface area (Å²) in [6, 6.07) is 13.6. The van der Waals surface area contributed by atoms with Crippen LogP contribution in [0.4, 0.5) is 0 Å². The average molecular weight is 632 g/mol. The maximum atomic E-state index is 14.3. The van der Waals surface area contributed by atoms with E-state index >= 15 is 0 Å². The van der Waals surface area contributed by atoms with E-state index in [1.54, 1.807) is 65.7 Å². The van der Waals surface area contributed by atoms with Crippen LogP contribution in [0.15, 0.2) is 60.8 Å². The van der Waals surface area contributed by atoms with E-state index in [9.17, 15) is 18.0 Å². The second kappa shape index (κ2) is 12.6. The SMILES string of the molecule is COc1cccnc1CNC(=O)[C@@H]1c2ccccc2C(=O)N(C2CCCC[C@@H]2NS(C)(=O)=O)[C@H]1c1ccc(Cl)cc1Cl. The first-order chi connectivity index (χ1) is 20.1. The molecule has 4 atom stereocenters. The minimum Gasteiger partial charge on any atom is -0.495 e. The Morgan fingerprint density at radius 1 is 1.07 bits per heavy atom. The van der Waals surface area contributed by atoms with Gasteiger partial charge < -0.3 is 15.0 Å². The van der Waals surface area contributed by atoms with Gasteiger partial charge in [-0.05, 0) is 54.3 Å². The third kappa shape index (κ3) is 6.27. The second-order valence-corrected chi connectivity index (χ2v) is 13.2. The molecule has 9 nitrogen and oxygen atoms in total. The predicted octanol–water partition coefficient (Wildman–Crippen LogP) is 4.85. The Bertz CT molecular complexity index is 1600. The molecule has 5 rings (SSSR count). The Labute approximate surface area is 255 Å². The molecule has 42 heavy (non-hydrogen) atoms. The van der Waals surface area contributed by atoms with E-state index in [0.717, 1.165) is 19.1 Å². The zero-order valence-electron chi connectivity index (χ0n) is 23.2. The summed E-state index contributed by atoms with van der Waals surface area (Å²) in [5.41, 5.74) is 2.04. The highest BCUT2D eigenvalue weighted by Crippen LogP contribution is 2.48. The van der Waals surface area contributed by atoms with Crippen molar-refractivity contribution in [2.45, 2.75) is 56.3 Å². The van der Waals surface area contributed by atoms with Crippen LogP contribution in [0.2, 0.25) is 10.0 Å². The van der Waals surface area contributed by atoms with Crippen LogP contribution in [-0.2, 0) is 21.4 Å². The van der Waals surface area contributed by atoms with Gasteiger partial charge in [0.25, 0.3) is 5.91 Å². The van der Waals surface area contributed by atoms with Crippen LogP contribution in [0, 0.1) is 0 Å². The highest BCUT2D eigenvalue weighted by Gasteiger charge is 2.49. The molecule has 2 aromatic carbocycles. The smallest absolute Gasteiger partial charge is 0.255 e. The summed E-state index contributed by atoms with van der Waals surface area (Å²) in [7, 11) is -2.04. The molecular formula is C30H32Cl2N4O5S. The Hall–Kier alpha value is -3.18. The number of rotatable bonds is 8. The Balaban J connectivity index is 1.64. The fraction of sp³-hybridized carbons (Fsp3) is 0.367. The first kappa shape index (κ1) is 30.3. The van der Waals surface area contributed by atoms with Gasteiger partial charge in [-0.1, -0.05) is 60.3 Å². The number of sulfonamides is 1. The molecule has 2 N–H and O–H groups in total. The van der Waals surface area contributed by atoms with Gasteiger partial charge in [-0.2, -0.15) is 0 Å². The maximum Gasteiger partial charge on any atom is 0.255 e. The quantitative estimate of drug-likeness (QED) is 0.367. The molecular weight excluding hydrogens is 599 g/mol. The van der Waals surface area contributed by atoms with Crippen molar-refractivity contribution in [2.75, 3.05) is 13.4 Å². The molecule has 1 saturated carbocycles. The molecule has 1 aliphatic heterocycles. The molecule has 2 amide bonds. The summed E-state index contributed by atoms with van der Waals surface area (Å²) in [5.74, 6) is -0.961. The summed E-state index contributed by atoms with van der Waals surface area (Å²) >= 11 is 13.0. The topological polar surface area (TPSA) is 118 Å². The van der Waals surface area contributed by atoms with E-state index in [-0.39, 0.29) is 18.4 Å². The summed E-state index contributed by atoms with van der Waals surface area (Å²) in [6.45, 7) is 0.0955. The van der Waals surface area contributed by atoms with E-state index in [1.165, 1.54) is 7.11 Å². The van der Waals surface area contributed by atoms with Gasteiger partial charge in [0, 0.05) is 33.9 Å². The number of halogens is 2. The summed E-state index contributed by atoms with van der Waals surface area (Å²) in [4.78, 5) is 34.6. The largest absolute Gasteiger partial charge is 0.495 e. The molecule has 0 radical (unpaired) electrons. The second-order valence-electron chi connectivity index (χ2n) is 10.6. The van der Waals surface area contributed by atoms with Crippen LogP contribution < -0.4 is 14.8 Å². The summed E-state index contributed by atoms with van der Waals surface area (Å²) in [6.07, 6.45) is 5.46. The minimum atomic E-state index is -3.57. The van der Waals surface area contributed by atoms with E-state index in [1.807, 2.05) is 0 Å². The highest BCUT2D eigenvalue weighted by atomic mass is 35.5. The van der Waals surface area contributed by atoms with Crippen molar-refractivity contribution < 1.29 is 22.7 Å². The average Bonchev–Trinajstić information content (AvgIpc) is 2.96. The number of methoxy groups -OCH3 is 1. The van der Waals surface area contributed by atoms with Crippen LogP contribution in [0.5, 0.6) is 5.75 Å². The van der Waals surface area contributed by atoms with E-state index in [2.05, 4.69) is 15.0 Å². The Kier molecular flexibility index (Phi) is 9.08. The molecule has 0 bridgehead atoms. The zero-order valence-corrected chi connectivity index (χ0v) is 25.5. The molecule has 3 aromatic rings. The third-order valence-electron chi connectivity index (χ3n) is 7.89. The van der Waals surface area contributed by atoms with Crippen molar-refractivity contribution in [2.24, 2.45) is 0 Å². The van der Waals surface area contributed by atoms with Gasteiger partial charge in [-0.25, -0.2) is 13.1 Å². The van der Waals surface area contributed by atoms with Crippen molar-refractivity contribution in [3.05, 3.63) is 93.2 Å². The molecule has 2 aliphatic rings. The van der Waals surface area contributed by atoms with Crippen molar-refractivity contribution in [3.8, 4) is 5.75 Å². The number of hydrogen-bond acceptors (Lipinski definition) is 6. The molecule has 1 aliphatic carbocycles.